The number of anilines is 2. The molecular formula is C10H11F3N4O. The number of halogens is 3. The molecule has 1 saturated heterocycles. The average Bonchev–Trinajstić information content (AvgIpc) is 2.27. The van der Waals surface area contributed by atoms with Crippen LogP contribution in [0.15, 0.2) is 12.1 Å². The summed E-state index contributed by atoms with van der Waals surface area (Å²) in [5.41, 5.74) is 4.49. The number of aromatic nitrogens is 1. The number of alkyl halides is 3. The Balaban J connectivity index is 2.33. The first-order valence-corrected chi connectivity index (χ1v) is 5.22. The van der Waals surface area contributed by atoms with Crippen LogP contribution in [0.25, 0.3) is 0 Å². The quantitative estimate of drug-likeness (QED) is 0.776. The van der Waals surface area contributed by atoms with Crippen LogP contribution >= 0.6 is 0 Å². The zero-order chi connectivity index (χ0) is 13.3. The zero-order valence-electron chi connectivity index (χ0n) is 9.29. The number of carbonyl (C=O) groups is 1. The van der Waals surface area contributed by atoms with Crippen LogP contribution in [0.4, 0.5) is 24.8 Å². The van der Waals surface area contributed by atoms with Crippen LogP contribution < -0.4 is 16.0 Å². The Hall–Kier alpha value is -1.99. The molecule has 0 saturated carbocycles. The van der Waals surface area contributed by atoms with E-state index < -0.39 is 11.7 Å². The fraction of sp³-hybridized carbons (Fsp3) is 0.400. The highest BCUT2D eigenvalue weighted by Crippen LogP contribution is 2.32. The smallest absolute Gasteiger partial charge is 0.384 e. The van der Waals surface area contributed by atoms with Crippen LogP contribution in [-0.4, -0.2) is 30.5 Å². The molecule has 1 aliphatic heterocycles. The highest BCUT2D eigenvalue weighted by atomic mass is 19.4. The number of hydrogen-bond acceptors (Lipinski definition) is 4. The van der Waals surface area contributed by atoms with Crippen molar-refractivity contribution in [2.45, 2.75) is 6.18 Å². The second kappa shape index (κ2) is 4.35. The molecule has 98 valence electrons. The molecule has 2 heterocycles. The van der Waals surface area contributed by atoms with Gasteiger partial charge in [0, 0.05) is 13.1 Å². The standard InChI is InChI=1S/C10H11F3N4O/c11-10(12,13)6-3-7(14)16-8(4-6)17-2-1-15-9(18)5-17/h3-4H,1-2,5H2,(H2,14,16)(H,15,18). The Bertz CT molecular complexity index is 475. The molecule has 5 nitrogen and oxygen atoms in total. The Morgan fingerprint density at radius 1 is 1.39 bits per heavy atom. The molecule has 1 aromatic rings. The Kier molecular flexibility index (Phi) is 3.02. The molecule has 8 heteroatoms. The number of pyridine rings is 1. The molecule has 0 spiro atoms. The van der Waals surface area contributed by atoms with Crippen molar-refractivity contribution in [3.63, 3.8) is 0 Å². The minimum Gasteiger partial charge on any atom is -0.384 e. The van der Waals surface area contributed by atoms with Gasteiger partial charge in [0.1, 0.15) is 11.6 Å². The number of amides is 1. The number of nitrogens with two attached hydrogens (primary N) is 1. The normalized spacial score (nSPS) is 16.6. The lowest BCUT2D eigenvalue weighted by Crippen LogP contribution is -2.48. The van der Waals surface area contributed by atoms with E-state index >= 15 is 0 Å². The molecule has 2 rings (SSSR count). The van der Waals surface area contributed by atoms with Crippen LogP contribution in [0.2, 0.25) is 0 Å². The van der Waals surface area contributed by atoms with Gasteiger partial charge < -0.3 is 16.0 Å². The fourth-order valence-electron chi connectivity index (χ4n) is 1.70. The topological polar surface area (TPSA) is 71.2 Å². The Morgan fingerprint density at radius 2 is 2.11 bits per heavy atom. The molecule has 18 heavy (non-hydrogen) atoms. The Morgan fingerprint density at radius 3 is 2.72 bits per heavy atom. The van der Waals surface area contributed by atoms with Crippen molar-refractivity contribution in [1.29, 1.82) is 0 Å². The van der Waals surface area contributed by atoms with Gasteiger partial charge in [-0.05, 0) is 12.1 Å². The molecule has 0 atom stereocenters. The summed E-state index contributed by atoms with van der Waals surface area (Å²) < 4.78 is 37.8. The van der Waals surface area contributed by atoms with Crippen molar-refractivity contribution < 1.29 is 18.0 Å². The summed E-state index contributed by atoms with van der Waals surface area (Å²) in [6, 6.07) is 1.67. The first kappa shape index (κ1) is 12.5. The molecule has 1 aromatic heterocycles. The van der Waals surface area contributed by atoms with E-state index in [1.165, 1.54) is 4.90 Å². The predicted octanol–water partition coefficient (Wildman–Crippen LogP) is 0.619. The molecule has 0 aliphatic carbocycles. The third-order valence-electron chi connectivity index (χ3n) is 2.52. The summed E-state index contributed by atoms with van der Waals surface area (Å²) in [4.78, 5) is 16.5. The van der Waals surface area contributed by atoms with E-state index in [0.717, 1.165) is 12.1 Å². The van der Waals surface area contributed by atoms with Gasteiger partial charge in [-0.25, -0.2) is 4.98 Å². The fourth-order valence-corrected chi connectivity index (χ4v) is 1.70. The van der Waals surface area contributed by atoms with Crippen LogP contribution in [-0.2, 0) is 11.0 Å². The number of nitrogens with zero attached hydrogens (tertiary/aromatic N) is 2. The molecular weight excluding hydrogens is 249 g/mol. The van der Waals surface area contributed by atoms with Gasteiger partial charge in [-0.1, -0.05) is 0 Å². The van der Waals surface area contributed by atoms with E-state index in [9.17, 15) is 18.0 Å². The monoisotopic (exact) mass is 260 g/mol. The van der Waals surface area contributed by atoms with Gasteiger partial charge in [0.15, 0.2) is 0 Å². The maximum Gasteiger partial charge on any atom is 0.416 e. The van der Waals surface area contributed by atoms with Crippen LogP contribution in [0.1, 0.15) is 5.56 Å². The maximum absolute atomic E-state index is 12.6. The third-order valence-corrected chi connectivity index (χ3v) is 2.52. The van der Waals surface area contributed by atoms with Gasteiger partial charge in [-0.2, -0.15) is 13.2 Å². The number of nitrogens with one attached hydrogen (secondary N) is 1. The van der Waals surface area contributed by atoms with Gasteiger partial charge in [0.05, 0.1) is 12.1 Å². The Labute approximate surface area is 101 Å². The highest BCUT2D eigenvalue weighted by Gasteiger charge is 2.32. The highest BCUT2D eigenvalue weighted by molar-refractivity contribution is 5.82. The largest absolute Gasteiger partial charge is 0.416 e. The average molecular weight is 260 g/mol. The third kappa shape index (κ3) is 2.63. The van der Waals surface area contributed by atoms with Gasteiger partial charge >= 0.3 is 6.18 Å². The molecule has 0 bridgehead atoms. The first-order chi connectivity index (χ1) is 8.36. The summed E-state index contributed by atoms with van der Waals surface area (Å²) in [5, 5.41) is 2.58. The van der Waals surface area contributed by atoms with Crippen molar-refractivity contribution in [1.82, 2.24) is 10.3 Å². The van der Waals surface area contributed by atoms with Crippen molar-refractivity contribution >= 4 is 17.5 Å². The maximum atomic E-state index is 12.6. The van der Waals surface area contributed by atoms with Crippen LogP contribution in [0.5, 0.6) is 0 Å². The van der Waals surface area contributed by atoms with E-state index in [1.807, 2.05) is 0 Å². The van der Waals surface area contributed by atoms with Crippen molar-refractivity contribution in [2.75, 3.05) is 30.3 Å². The number of piperazine rings is 1. The lowest BCUT2D eigenvalue weighted by Gasteiger charge is -2.28. The van der Waals surface area contributed by atoms with E-state index in [-0.39, 0.29) is 24.1 Å². The second-order valence-corrected chi connectivity index (χ2v) is 3.91. The molecule has 0 unspecified atom stereocenters. The molecule has 0 aromatic carbocycles. The van der Waals surface area contributed by atoms with Gasteiger partial charge in [0.25, 0.3) is 0 Å². The number of rotatable bonds is 1. The van der Waals surface area contributed by atoms with Crippen molar-refractivity contribution in [3.05, 3.63) is 17.7 Å². The predicted molar refractivity (Wildman–Crippen MR) is 58.9 cm³/mol. The van der Waals surface area contributed by atoms with E-state index in [1.54, 1.807) is 0 Å². The number of hydrogen-bond donors (Lipinski definition) is 2. The summed E-state index contributed by atoms with van der Waals surface area (Å²) in [5.74, 6) is -0.401. The lowest BCUT2D eigenvalue weighted by molar-refractivity contribution is -0.137. The van der Waals surface area contributed by atoms with Gasteiger partial charge in [-0.3, -0.25) is 4.79 Å². The van der Waals surface area contributed by atoms with Crippen LogP contribution in [0, 0.1) is 0 Å². The SMILES string of the molecule is Nc1cc(C(F)(F)F)cc(N2CCNC(=O)C2)n1. The molecule has 3 N–H and O–H groups in total. The summed E-state index contributed by atoms with van der Waals surface area (Å²) >= 11 is 0. The first-order valence-electron chi connectivity index (χ1n) is 5.22. The second-order valence-electron chi connectivity index (χ2n) is 3.91. The summed E-state index contributed by atoms with van der Waals surface area (Å²) in [6.45, 7) is 0.754. The molecule has 1 aliphatic rings. The lowest BCUT2D eigenvalue weighted by atomic mass is 10.2. The summed E-state index contributed by atoms with van der Waals surface area (Å²) in [7, 11) is 0. The number of carbonyl (C=O) groups excluding carboxylic acids is 1. The van der Waals surface area contributed by atoms with E-state index in [4.69, 9.17) is 5.73 Å². The van der Waals surface area contributed by atoms with E-state index in [0.29, 0.717) is 13.1 Å². The van der Waals surface area contributed by atoms with Crippen LogP contribution in [0.3, 0.4) is 0 Å². The van der Waals surface area contributed by atoms with Crippen molar-refractivity contribution in [3.8, 4) is 0 Å². The van der Waals surface area contributed by atoms with Crippen molar-refractivity contribution in [2.24, 2.45) is 0 Å². The van der Waals surface area contributed by atoms with E-state index in [2.05, 4.69) is 10.3 Å². The minimum atomic E-state index is -4.48. The molecule has 1 fully saturated rings. The minimum absolute atomic E-state index is 0.0201. The van der Waals surface area contributed by atoms with Gasteiger partial charge in [0.2, 0.25) is 5.91 Å². The molecule has 1 amide bonds. The summed E-state index contributed by atoms with van der Waals surface area (Å²) in [6.07, 6.45) is -4.48. The molecule has 0 radical (unpaired) electrons. The zero-order valence-corrected chi connectivity index (χ0v) is 9.29. The number of nitrogen functional groups attached to an aromatic ring is 1. The van der Waals surface area contributed by atoms with Gasteiger partial charge in [-0.15, -0.1) is 0 Å².